The summed E-state index contributed by atoms with van der Waals surface area (Å²) in [4.78, 5) is 12.4. The van der Waals surface area contributed by atoms with Crippen molar-refractivity contribution in [2.24, 2.45) is 11.8 Å². The zero-order valence-electron chi connectivity index (χ0n) is 14.9. The average Bonchev–Trinajstić information content (AvgIpc) is 3.10. The Morgan fingerprint density at radius 1 is 1.12 bits per heavy atom. The largest absolute Gasteiger partial charge is 0.384 e. The zero-order chi connectivity index (χ0) is 17.9. The molecule has 0 spiro atoms. The van der Waals surface area contributed by atoms with Crippen molar-refractivity contribution < 1.29 is 14.3 Å². The number of carbonyl (C=O) groups excluding carboxylic acids is 1. The first kappa shape index (κ1) is 17.1. The summed E-state index contributed by atoms with van der Waals surface area (Å²) in [5.74, 6) is 0.639. The van der Waals surface area contributed by atoms with Crippen molar-refractivity contribution in [1.29, 1.82) is 0 Å². The molecule has 2 aromatic carbocycles. The first-order valence-corrected chi connectivity index (χ1v) is 9.10. The molecule has 0 bridgehead atoms. The first-order chi connectivity index (χ1) is 12.8. The van der Waals surface area contributed by atoms with E-state index in [1.165, 1.54) is 0 Å². The molecule has 1 saturated heterocycles. The van der Waals surface area contributed by atoms with Crippen LogP contribution in [0.15, 0.2) is 54.6 Å². The summed E-state index contributed by atoms with van der Waals surface area (Å²) in [6.45, 7) is 1.38. The van der Waals surface area contributed by atoms with Gasteiger partial charge in [0, 0.05) is 37.3 Å². The molecule has 2 aromatic rings. The van der Waals surface area contributed by atoms with Crippen LogP contribution in [0.25, 0.3) is 11.1 Å². The van der Waals surface area contributed by atoms with Gasteiger partial charge in [0.05, 0.1) is 12.7 Å². The molecule has 2 aliphatic rings. The molecule has 1 saturated carbocycles. The van der Waals surface area contributed by atoms with E-state index in [0.717, 1.165) is 29.8 Å². The zero-order valence-corrected chi connectivity index (χ0v) is 14.9. The number of nitrogens with one attached hydrogen (secondary N) is 2. The summed E-state index contributed by atoms with van der Waals surface area (Å²) < 4.78 is 11.0. The van der Waals surface area contributed by atoms with Gasteiger partial charge in [-0.15, -0.1) is 0 Å². The fraction of sp³-hybridized carbons (Fsp3) is 0.381. The Hall–Kier alpha value is -2.37. The standard InChI is InChI=1S/C21H24N2O3/c1-25-13-18-19(17-11-12-26-20(17)18)23-21(24)22-16-9-7-15(8-10-16)14-5-3-2-4-6-14/h2-10,17-20H,11-13H2,1H3,(H2,22,23,24)/t17-,18-,19-,20-/m0/s1. The van der Waals surface area contributed by atoms with Crippen LogP contribution in [0.4, 0.5) is 10.5 Å². The second-order valence-electron chi connectivity index (χ2n) is 6.97. The van der Waals surface area contributed by atoms with Crippen LogP contribution in [0.2, 0.25) is 0 Å². The Balaban J connectivity index is 1.36. The highest BCUT2D eigenvalue weighted by molar-refractivity contribution is 5.90. The normalized spacial score (nSPS) is 26.7. The number of anilines is 1. The summed E-state index contributed by atoms with van der Waals surface area (Å²) >= 11 is 0. The van der Waals surface area contributed by atoms with Gasteiger partial charge in [-0.3, -0.25) is 0 Å². The van der Waals surface area contributed by atoms with Crippen LogP contribution in [0.1, 0.15) is 6.42 Å². The summed E-state index contributed by atoms with van der Waals surface area (Å²) in [5, 5.41) is 6.04. The van der Waals surface area contributed by atoms with Gasteiger partial charge < -0.3 is 20.1 Å². The van der Waals surface area contributed by atoms with E-state index in [1.54, 1.807) is 7.11 Å². The smallest absolute Gasteiger partial charge is 0.319 e. The Morgan fingerprint density at radius 3 is 2.58 bits per heavy atom. The molecule has 0 aromatic heterocycles. The highest BCUT2D eigenvalue weighted by Gasteiger charge is 2.54. The molecular formula is C21H24N2O3. The van der Waals surface area contributed by atoms with Crippen molar-refractivity contribution in [3.63, 3.8) is 0 Å². The van der Waals surface area contributed by atoms with Crippen LogP contribution in [0.5, 0.6) is 0 Å². The topological polar surface area (TPSA) is 59.6 Å². The minimum absolute atomic E-state index is 0.117. The molecule has 136 valence electrons. The second-order valence-corrected chi connectivity index (χ2v) is 6.97. The molecular weight excluding hydrogens is 328 g/mol. The van der Waals surface area contributed by atoms with Gasteiger partial charge in [-0.1, -0.05) is 42.5 Å². The molecule has 1 aliphatic carbocycles. The third kappa shape index (κ3) is 3.32. The van der Waals surface area contributed by atoms with E-state index < -0.39 is 0 Å². The Kier molecular flexibility index (Phi) is 4.91. The lowest BCUT2D eigenvalue weighted by Crippen LogP contribution is -2.63. The van der Waals surface area contributed by atoms with Crippen molar-refractivity contribution in [3.05, 3.63) is 54.6 Å². The Bertz CT molecular complexity index is 748. The summed E-state index contributed by atoms with van der Waals surface area (Å²) in [6, 6.07) is 18.0. The number of urea groups is 1. The molecule has 1 aliphatic heterocycles. The molecule has 4 rings (SSSR count). The number of ether oxygens (including phenoxy) is 2. The maximum absolute atomic E-state index is 12.4. The minimum atomic E-state index is -0.172. The molecule has 2 fully saturated rings. The van der Waals surface area contributed by atoms with Gasteiger partial charge in [0.2, 0.25) is 0 Å². The number of carbonyl (C=O) groups is 1. The predicted octanol–water partition coefficient (Wildman–Crippen LogP) is 3.53. The highest BCUT2D eigenvalue weighted by Crippen LogP contribution is 2.43. The van der Waals surface area contributed by atoms with Crippen molar-refractivity contribution in [1.82, 2.24) is 5.32 Å². The van der Waals surface area contributed by atoms with Crippen LogP contribution < -0.4 is 10.6 Å². The lowest BCUT2D eigenvalue weighted by Gasteiger charge is -2.47. The van der Waals surface area contributed by atoms with Crippen molar-refractivity contribution >= 4 is 11.7 Å². The molecule has 26 heavy (non-hydrogen) atoms. The number of hydrogen-bond acceptors (Lipinski definition) is 3. The van der Waals surface area contributed by atoms with Crippen LogP contribution in [0.3, 0.4) is 0 Å². The lowest BCUT2D eigenvalue weighted by atomic mass is 9.67. The van der Waals surface area contributed by atoms with Gasteiger partial charge >= 0.3 is 6.03 Å². The number of fused-ring (bicyclic) bond motifs is 1. The van der Waals surface area contributed by atoms with E-state index in [-0.39, 0.29) is 24.1 Å². The van der Waals surface area contributed by atoms with Gasteiger partial charge in [-0.2, -0.15) is 0 Å². The number of methoxy groups -OCH3 is 1. The molecule has 2 N–H and O–H groups in total. The predicted molar refractivity (Wildman–Crippen MR) is 101 cm³/mol. The van der Waals surface area contributed by atoms with Gasteiger partial charge in [-0.25, -0.2) is 4.79 Å². The van der Waals surface area contributed by atoms with Gasteiger partial charge in [0.15, 0.2) is 0 Å². The van der Waals surface area contributed by atoms with Gasteiger partial charge in [-0.05, 0) is 29.7 Å². The quantitative estimate of drug-likeness (QED) is 0.865. The SMILES string of the molecule is COC[C@H]1[C@@H](NC(=O)Nc2ccc(-c3ccccc3)cc2)[C@@H]2CCO[C@@H]21. The van der Waals surface area contributed by atoms with E-state index in [2.05, 4.69) is 22.8 Å². The summed E-state index contributed by atoms with van der Waals surface area (Å²) in [6.07, 6.45) is 1.23. The molecule has 1 heterocycles. The number of rotatable bonds is 5. The van der Waals surface area contributed by atoms with E-state index in [1.807, 2.05) is 42.5 Å². The molecule has 0 unspecified atom stereocenters. The molecule has 5 heteroatoms. The fourth-order valence-corrected chi connectivity index (χ4v) is 4.13. The third-order valence-electron chi connectivity index (χ3n) is 5.43. The highest BCUT2D eigenvalue weighted by atomic mass is 16.5. The molecule has 5 nitrogen and oxygen atoms in total. The molecule has 0 radical (unpaired) electrons. The Labute approximate surface area is 153 Å². The van der Waals surface area contributed by atoms with Crippen LogP contribution in [-0.2, 0) is 9.47 Å². The fourth-order valence-electron chi connectivity index (χ4n) is 4.13. The van der Waals surface area contributed by atoms with Crippen molar-refractivity contribution in [2.75, 3.05) is 25.6 Å². The van der Waals surface area contributed by atoms with Crippen LogP contribution in [0, 0.1) is 11.8 Å². The van der Waals surface area contributed by atoms with Crippen LogP contribution >= 0.6 is 0 Å². The van der Waals surface area contributed by atoms with E-state index in [9.17, 15) is 4.79 Å². The average molecular weight is 352 g/mol. The number of amides is 2. The summed E-state index contributed by atoms with van der Waals surface area (Å²) in [5.41, 5.74) is 3.07. The van der Waals surface area contributed by atoms with Gasteiger partial charge in [0.1, 0.15) is 0 Å². The molecule has 4 atom stereocenters. The van der Waals surface area contributed by atoms with E-state index in [4.69, 9.17) is 9.47 Å². The monoisotopic (exact) mass is 352 g/mol. The second kappa shape index (κ2) is 7.48. The van der Waals surface area contributed by atoms with E-state index in [0.29, 0.717) is 12.5 Å². The van der Waals surface area contributed by atoms with E-state index >= 15 is 0 Å². The van der Waals surface area contributed by atoms with Gasteiger partial charge in [0.25, 0.3) is 0 Å². The van der Waals surface area contributed by atoms with Crippen molar-refractivity contribution in [2.45, 2.75) is 18.6 Å². The Morgan fingerprint density at radius 2 is 1.85 bits per heavy atom. The first-order valence-electron chi connectivity index (χ1n) is 9.10. The minimum Gasteiger partial charge on any atom is -0.384 e. The van der Waals surface area contributed by atoms with Crippen molar-refractivity contribution in [3.8, 4) is 11.1 Å². The summed E-state index contributed by atoms with van der Waals surface area (Å²) in [7, 11) is 1.69. The maximum Gasteiger partial charge on any atom is 0.319 e. The number of benzene rings is 2. The maximum atomic E-state index is 12.4. The third-order valence-corrected chi connectivity index (χ3v) is 5.43. The number of hydrogen-bond donors (Lipinski definition) is 2. The molecule has 2 amide bonds. The van der Waals surface area contributed by atoms with Crippen LogP contribution in [-0.4, -0.2) is 38.5 Å². The lowest BCUT2D eigenvalue weighted by molar-refractivity contribution is -0.0798.